The van der Waals surface area contributed by atoms with Crippen LogP contribution in [0.1, 0.15) is 0 Å². The minimum atomic E-state index is 0.719. The van der Waals surface area contributed by atoms with Crippen LogP contribution in [-0.4, -0.2) is 14.5 Å². The normalized spacial score (nSPS) is 11.6. The van der Waals surface area contributed by atoms with Crippen molar-refractivity contribution in [3.05, 3.63) is 200 Å². The summed E-state index contributed by atoms with van der Waals surface area (Å²) in [5.74, 6) is 0.719. The first-order valence-electron chi connectivity index (χ1n) is 18.7. The monoisotopic (exact) mass is 699 g/mol. The van der Waals surface area contributed by atoms with Gasteiger partial charge in [-0.1, -0.05) is 158 Å². The summed E-state index contributed by atoms with van der Waals surface area (Å²) in [4.78, 5) is 10.0. The summed E-state index contributed by atoms with van der Waals surface area (Å²) in [6.45, 7) is 0. The highest BCUT2D eigenvalue weighted by Gasteiger charge is 2.17. The summed E-state index contributed by atoms with van der Waals surface area (Å²) < 4.78 is 2.41. The lowest BCUT2D eigenvalue weighted by molar-refractivity contribution is 1.18. The fourth-order valence-corrected chi connectivity index (χ4v) is 8.35. The first-order chi connectivity index (χ1) is 27.3. The van der Waals surface area contributed by atoms with Crippen LogP contribution >= 0.6 is 0 Å². The topological polar surface area (TPSA) is 30.7 Å². The zero-order valence-corrected chi connectivity index (χ0v) is 29.9. The lowest BCUT2D eigenvalue weighted by Crippen LogP contribution is -1.95. The van der Waals surface area contributed by atoms with Gasteiger partial charge in [-0.15, -0.1) is 0 Å². The maximum absolute atomic E-state index is 5.05. The number of nitrogens with zero attached hydrogens (tertiary/aromatic N) is 3. The molecule has 0 bridgehead atoms. The molecule has 256 valence electrons. The minimum absolute atomic E-state index is 0.719. The predicted molar refractivity (Wildman–Crippen MR) is 231 cm³/mol. The third-order valence-electron chi connectivity index (χ3n) is 11.0. The molecule has 0 saturated carbocycles. The van der Waals surface area contributed by atoms with Gasteiger partial charge < -0.3 is 4.57 Å². The second kappa shape index (κ2) is 12.6. The average molecular weight is 700 g/mol. The van der Waals surface area contributed by atoms with Gasteiger partial charge in [0, 0.05) is 33.2 Å². The van der Waals surface area contributed by atoms with Crippen LogP contribution in [0, 0.1) is 0 Å². The molecular formula is C52H33N3. The average Bonchev–Trinajstić information content (AvgIpc) is 3.60. The fourth-order valence-electron chi connectivity index (χ4n) is 8.35. The Morgan fingerprint density at radius 1 is 0.273 bits per heavy atom. The summed E-state index contributed by atoms with van der Waals surface area (Å²) in [5, 5.41) is 10.1. The van der Waals surface area contributed by atoms with Gasteiger partial charge in [0.05, 0.1) is 22.4 Å². The van der Waals surface area contributed by atoms with Crippen LogP contribution in [-0.2, 0) is 0 Å². The van der Waals surface area contributed by atoms with Crippen molar-refractivity contribution >= 4 is 54.1 Å². The molecule has 0 amide bonds. The number of hydrogen-bond acceptors (Lipinski definition) is 2. The van der Waals surface area contributed by atoms with Crippen molar-refractivity contribution in [2.24, 2.45) is 0 Å². The molecule has 11 aromatic rings. The number of aromatic nitrogens is 3. The van der Waals surface area contributed by atoms with Crippen molar-refractivity contribution < 1.29 is 0 Å². The maximum atomic E-state index is 5.05. The van der Waals surface area contributed by atoms with E-state index in [1.54, 1.807) is 0 Å². The Bertz CT molecular complexity index is 3160. The molecule has 0 aliphatic rings. The molecule has 0 aliphatic carbocycles. The molecule has 11 rings (SSSR count). The van der Waals surface area contributed by atoms with Gasteiger partial charge in [0.2, 0.25) is 0 Å². The van der Waals surface area contributed by atoms with Crippen molar-refractivity contribution in [2.45, 2.75) is 0 Å². The van der Waals surface area contributed by atoms with Crippen molar-refractivity contribution in [1.82, 2.24) is 14.5 Å². The molecule has 0 unspecified atom stereocenters. The molecule has 2 heterocycles. The van der Waals surface area contributed by atoms with Crippen LogP contribution in [0.25, 0.3) is 105 Å². The largest absolute Gasteiger partial charge is 0.309 e. The number of benzene rings is 9. The Morgan fingerprint density at radius 3 is 1.45 bits per heavy atom. The third kappa shape index (κ3) is 5.20. The van der Waals surface area contributed by atoms with E-state index in [0.717, 1.165) is 39.5 Å². The highest BCUT2D eigenvalue weighted by Crippen LogP contribution is 2.42. The van der Waals surface area contributed by atoms with E-state index in [1.165, 1.54) is 65.4 Å². The second-order valence-corrected chi connectivity index (χ2v) is 14.2. The molecule has 0 radical (unpaired) electrons. The maximum Gasteiger partial charge on any atom is 0.160 e. The van der Waals surface area contributed by atoms with Gasteiger partial charge in [0.25, 0.3) is 0 Å². The summed E-state index contributed by atoms with van der Waals surface area (Å²) >= 11 is 0. The van der Waals surface area contributed by atoms with Crippen molar-refractivity contribution in [3.8, 4) is 50.7 Å². The summed E-state index contributed by atoms with van der Waals surface area (Å²) in [5.41, 5.74) is 10.9. The molecule has 3 nitrogen and oxygen atoms in total. The number of para-hydroxylation sites is 2. The highest BCUT2D eigenvalue weighted by molar-refractivity contribution is 6.29. The van der Waals surface area contributed by atoms with Crippen molar-refractivity contribution in [2.75, 3.05) is 0 Å². The summed E-state index contributed by atoms with van der Waals surface area (Å²) in [7, 11) is 0. The number of fused-ring (bicyclic) bond motifs is 9. The molecule has 0 atom stereocenters. The lowest BCUT2D eigenvalue weighted by atomic mass is 9.91. The van der Waals surface area contributed by atoms with E-state index in [4.69, 9.17) is 9.97 Å². The van der Waals surface area contributed by atoms with Crippen LogP contribution in [0.4, 0.5) is 0 Å². The standard InChI is InChI=1S/C52H33N3/c1-4-14-35(15-5-1)48-33-49(54-52(53-48)37-16-6-2-7-17-37)36-26-24-34(25-27-36)38-28-29-42-44(30-38)40-20-10-11-21-41(40)46-32-51-47(31-45(42)46)43-22-12-13-23-50(43)55(51)39-18-8-3-9-19-39/h1-33H. The molecule has 0 saturated heterocycles. The smallest absolute Gasteiger partial charge is 0.160 e. The Morgan fingerprint density at radius 2 is 0.764 bits per heavy atom. The third-order valence-corrected chi connectivity index (χ3v) is 11.0. The Labute approximate surface area is 318 Å². The van der Waals surface area contributed by atoms with E-state index in [1.807, 2.05) is 24.3 Å². The van der Waals surface area contributed by atoms with Gasteiger partial charge in [-0.05, 0) is 85.9 Å². The molecule has 3 heteroatoms. The van der Waals surface area contributed by atoms with Crippen molar-refractivity contribution in [1.29, 1.82) is 0 Å². The lowest BCUT2D eigenvalue weighted by Gasteiger charge is -2.14. The molecule has 0 N–H and O–H groups in total. The van der Waals surface area contributed by atoms with Crippen LogP contribution in [0.2, 0.25) is 0 Å². The van der Waals surface area contributed by atoms with E-state index in [-0.39, 0.29) is 0 Å². The van der Waals surface area contributed by atoms with E-state index in [9.17, 15) is 0 Å². The SMILES string of the molecule is c1ccc(-c2cc(-c3ccc(-c4ccc5c(c4)c4ccccc4c4cc6c(cc54)c4ccccc4n6-c4ccccc4)cc3)nc(-c3ccccc3)n2)cc1. The first-order valence-corrected chi connectivity index (χ1v) is 18.7. The van der Waals surface area contributed by atoms with Crippen LogP contribution in [0.15, 0.2) is 200 Å². The zero-order chi connectivity index (χ0) is 36.3. The van der Waals surface area contributed by atoms with Crippen LogP contribution in [0.3, 0.4) is 0 Å². The second-order valence-electron chi connectivity index (χ2n) is 14.2. The van der Waals surface area contributed by atoms with E-state index >= 15 is 0 Å². The minimum Gasteiger partial charge on any atom is -0.309 e. The highest BCUT2D eigenvalue weighted by atomic mass is 15.0. The Kier molecular flexibility index (Phi) is 7.17. The Balaban J connectivity index is 1.06. The van der Waals surface area contributed by atoms with E-state index in [2.05, 4.69) is 180 Å². The van der Waals surface area contributed by atoms with Gasteiger partial charge >= 0.3 is 0 Å². The molecule has 9 aromatic carbocycles. The quantitative estimate of drug-likeness (QED) is 0.167. The van der Waals surface area contributed by atoms with Gasteiger partial charge in [0.1, 0.15) is 0 Å². The van der Waals surface area contributed by atoms with Crippen molar-refractivity contribution in [3.63, 3.8) is 0 Å². The molecule has 0 fully saturated rings. The molecular weight excluding hydrogens is 667 g/mol. The Hall–Kier alpha value is -7.36. The van der Waals surface area contributed by atoms with E-state index < -0.39 is 0 Å². The summed E-state index contributed by atoms with van der Waals surface area (Å²) in [6.07, 6.45) is 0. The number of rotatable bonds is 5. The van der Waals surface area contributed by atoms with Gasteiger partial charge in [-0.2, -0.15) is 0 Å². The first kappa shape index (κ1) is 31.2. The fraction of sp³-hybridized carbons (Fsp3) is 0. The predicted octanol–water partition coefficient (Wildman–Crippen LogP) is 13.7. The van der Waals surface area contributed by atoms with Gasteiger partial charge in [0.15, 0.2) is 5.82 Å². The molecule has 0 spiro atoms. The van der Waals surface area contributed by atoms with E-state index in [0.29, 0.717) is 0 Å². The van der Waals surface area contributed by atoms with Gasteiger partial charge in [-0.25, -0.2) is 9.97 Å². The zero-order valence-electron chi connectivity index (χ0n) is 29.9. The number of hydrogen-bond donors (Lipinski definition) is 0. The molecule has 55 heavy (non-hydrogen) atoms. The molecule has 2 aromatic heterocycles. The van der Waals surface area contributed by atoms with Crippen LogP contribution in [0.5, 0.6) is 0 Å². The van der Waals surface area contributed by atoms with Crippen LogP contribution < -0.4 is 0 Å². The summed E-state index contributed by atoms with van der Waals surface area (Å²) in [6, 6.07) is 71.6. The van der Waals surface area contributed by atoms with Gasteiger partial charge in [-0.3, -0.25) is 0 Å². The molecule has 0 aliphatic heterocycles.